The minimum Gasteiger partial charge on any atom is -0.394 e. The Kier molecular flexibility index (Phi) is 15.4. The molecule has 0 aromatic carbocycles. The average Bonchev–Trinajstić information content (AvgIpc) is 3.39. The van der Waals surface area contributed by atoms with Crippen molar-refractivity contribution in [3.05, 3.63) is 0 Å². The summed E-state index contributed by atoms with van der Waals surface area (Å²) in [5.74, 6) is -0.415. The Morgan fingerprint density at radius 1 is 0.700 bits per heavy atom. The van der Waals surface area contributed by atoms with Gasteiger partial charge in [0, 0.05) is 38.3 Å². The molecular weight excluding hydrogens is 670 g/mol. The zero-order chi connectivity index (χ0) is 36.9. The molecule has 4 rings (SSSR count). The minimum absolute atomic E-state index is 0.0245. The maximum Gasteiger partial charge on any atom is 0.234 e. The van der Waals surface area contributed by atoms with Crippen LogP contribution in [0.4, 0.5) is 0 Å². The molecule has 4 fully saturated rings. The highest BCUT2D eigenvalue weighted by Crippen LogP contribution is 2.34. The van der Waals surface area contributed by atoms with Gasteiger partial charge < -0.3 is 109 Å². The smallest absolute Gasteiger partial charge is 0.234 e. The molecule has 21 N–H and O–H groups in total. The summed E-state index contributed by atoms with van der Waals surface area (Å²) in [6.07, 6.45) is -18.5. The summed E-state index contributed by atoms with van der Waals surface area (Å²) < 4.78 is 35.4. The predicted octanol–water partition coefficient (Wildman–Crippen LogP) is -9.96. The maximum absolute atomic E-state index is 12.5. The fraction of sp³-hybridized carbons (Fsp3) is 0.964. The van der Waals surface area contributed by atoms with Gasteiger partial charge in [0.2, 0.25) is 5.91 Å². The Bertz CT molecular complexity index is 1060. The molecule has 8 unspecified atom stereocenters. The second kappa shape index (κ2) is 18.6. The fourth-order valence-corrected chi connectivity index (χ4v) is 6.60. The van der Waals surface area contributed by atoms with E-state index in [2.05, 4.69) is 16.0 Å². The van der Waals surface area contributed by atoms with Crippen LogP contribution in [0, 0.1) is 0 Å². The predicted molar refractivity (Wildman–Crippen MR) is 171 cm³/mol. The van der Waals surface area contributed by atoms with Gasteiger partial charge in [-0.3, -0.25) is 4.79 Å². The number of nitrogens with two attached hydrogens (primary N) is 6. The Hall–Kier alpha value is -1.33. The van der Waals surface area contributed by atoms with Crippen LogP contribution in [0.5, 0.6) is 0 Å². The van der Waals surface area contributed by atoms with Crippen molar-refractivity contribution in [2.75, 3.05) is 46.4 Å². The molecule has 1 aliphatic carbocycles. The second-order valence-electron chi connectivity index (χ2n) is 13.1. The summed E-state index contributed by atoms with van der Waals surface area (Å²) in [5.41, 5.74) is 36.5. The summed E-state index contributed by atoms with van der Waals surface area (Å²) >= 11 is 0. The summed E-state index contributed by atoms with van der Waals surface area (Å²) in [6.45, 7) is 0.191. The van der Waals surface area contributed by atoms with E-state index in [1.165, 1.54) is 0 Å². The third-order valence-electron chi connectivity index (χ3n) is 9.57. The molecule has 0 aromatic heterocycles. The number of rotatable bonds is 15. The third-order valence-corrected chi connectivity index (χ3v) is 9.57. The van der Waals surface area contributed by atoms with Crippen molar-refractivity contribution < 1.29 is 63.9 Å². The summed E-state index contributed by atoms with van der Waals surface area (Å²) in [4.78, 5) is 12.5. The number of hydrogen-bond acceptors (Lipinski definition) is 21. The molecule has 1 saturated carbocycles. The molecule has 3 heterocycles. The fourth-order valence-electron chi connectivity index (χ4n) is 6.60. The molecule has 0 radical (unpaired) electrons. The van der Waals surface area contributed by atoms with Crippen LogP contribution < -0.4 is 50.4 Å². The van der Waals surface area contributed by atoms with Gasteiger partial charge in [-0.2, -0.15) is 0 Å². The van der Waals surface area contributed by atoms with Gasteiger partial charge in [-0.25, -0.2) is 0 Å². The largest absolute Gasteiger partial charge is 0.394 e. The van der Waals surface area contributed by atoms with E-state index in [-0.39, 0.29) is 26.1 Å². The summed E-state index contributed by atoms with van der Waals surface area (Å²) in [5, 5.41) is 72.7. The molecular formula is C28H57N9O13. The van der Waals surface area contributed by atoms with Gasteiger partial charge in [0.1, 0.15) is 48.8 Å². The first-order chi connectivity index (χ1) is 23.8. The van der Waals surface area contributed by atoms with Crippen molar-refractivity contribution in [2.24, 2.45) is 34.4 Å². The number of aliphatic hydroxyl groups excluding tert-OH is 6. The van der Waals surface area contributed by atoms with Crippen molar-refractivity contribution in [3.8, 4) is 0 Å². The molecule has 19 atom stereocenters. The second-order valence-corrected chi connectivity index (χ2v) is 13.1. The number of hydrogen-bond donors (Lipinski definition) is 15. The first-order valence-electron chi connectivity index (χ1n) is 16.8. The molecule has 0 bridgehead atoms. The Morgan fingerprint density at radius 2 is 1.28 bits per heavy atom. The quantitative estimate of drug-likeness (QED) is 0.0696. The minimum atomic E-state index is -1.63. The van der Waals surface area contributed by atoms with Crippen LogP contribution >= 0.6 is 0 Å². The standard InChI is InChI=1S/C28H57N9O13/c1-35-2-3-36-7-14(39)37-17-11(5-29)45-26(15(33)20(17)42)48-23-10(32)4-9(31)18(40)25(23)50-28-22(44)24(13(8-38)47-28)49-27-16(34)21(43)19(41)12(6-30)46-27/h9-13,15-28,35-36,38,40-44H,2-8,29-34H2,1H3,(H,37,39)/t9-,10?,11?,12+,13-,15+,16-,17-,18?,19?,20?,21?,22?,23-,24+,25-,26-,27-,28?/m1/s1. The molecule has 22 nitrogen and oxygen atoms in total. The highest BCUT2D eigenvalue weighted by molar-refractivity contribution is 5.78. The number of nitrogens with one attached hydrogen (secondary N) is 3. The highest BCUT2D eigenvalue weighted by atomic mass is 16.8. The van der Waals surface area contributed by atoms with Gasteiger partial charge in [-0.1, -0.05) is 0 Å². The van der Waals surface area contributed by atoms with Crippen molar-refractivity contribution >= 4 is 5.91 Å². The molecule has 3 saturated heterocycles. The summed E-state index contributed by atoms with van der Waals surface area (Å²) in [7, 11) is 1.78. The van der Waals surface area contributed by atoms with Crippen molar-refractivity contribution in [1.82, 2.24) is 16.0 Å². The lowest BCUT2D eigenvalue weighted by atomic mass is 9.84. The van der Waals surface area contributed by atoms with Crippen molar-refractivity contribution in [2.45, 2.75) is 123 Å². The summed E-state index contributed by atoms with van der Waals surface area (Å²) in [6, 6.07) is -5.23. The molecule has 292 valence electrons. The number of carbonyl (C=O) groups is 1. The first kappa shape index (κ1) is 41.4. The molecule has 4 aliphatic rings. The van der Waals surface area contributed by atoms with Crippen LogP contribution in [0.25, 0.3) is 0 Å². The van der Waals surface area contributed by atoms with E-state index in [4.69, 9.17) is 62.8 Å². The van der Waals surface area contributed by atoms with E-state index in [0.717, 1.165) is 0 Å². The van der Waals surface area contributed by atoms with E-state index in [0.29, 0.717) is 13.1 Å². The number of likely N-dealkylation sites (N-methyl/N-ethyl adjacent to an activating group) is 1. The number of aliphatic hydroxyl groups is 6. The number of carbonyl (C=O) groups excluding carboxylic acids is 1. The molecule has 22 heteroatoms. The van der Waals surface area contributed by atoms with Gasteiger partial charge in [-0.15, -0.1) is 0 Å². The van der Waals surface area contributed by atoms with E-state index < -0.39 is 129 Å². The highest BCUT2D eigenvalue weighted by Gasteiger charge is 2.54. The normalized spacial score (nSPS) is 46.9. The lowest BCUT2D eigenvalue weighted by Crippen LogP contribution is -2.70. The average molecular weight is 728 g/mol. The molecule has 0 aromatic rings. The van der Waals surface area contributed by atoms with Gasteiger partial charge in [0.25, 0.3) is 0 Å². The van der Waals surface area contributed by atoms with E-state index in [1.807, 2.05) is 0 Å². The van der Waals surface area contributed by atoms with Crippen LogP contribution in [0.2, 0.25) is 0 Å². The van der Waals surface area contributed by atoms with Crippen LogP contribution in [0.15, 0.2) is 0 Å². The van der Waals surface area contributed by atoms with Crippen LogP contribution in [0.1, 0.15) is 6.42 Å². The first-order valence-corrected chi connectivity index (χ1v) is 16.8. The Balaban J connectivity index is 1.45. The lowest BCUT2D eigenvalue weighted by Gasteiger charge is -2.48. The molecule has 50 heavy (non-hydrogen) atoms. The van der Waals surface area contributed by atoms with Gasteiger partial charge in [-0.05, 0) is 13.5 Å². The topological polar surface area (TPSA) is 386 Å². The van der Waals surface area contributed by atoms with Gasteiger partial charge in [0.15, 0.2) is 18.9 Å². The molecule has 1 amide bonds. The van der Waals surface area contributed by atoms with E-state index in [9.17, 15) is 35.4 Å². The Morgan fingerprint density at radius 3 is 1.90 bits per heavy atom. The zero-order valence-corrected chi connectivity index (χ0v) is 27.9. The van der Waals surface area contributed by atoms with Crippen LogP contribution in [-0.4, -0.2) is 199 Å². The maximum atomic E-state index is 12.5. The van der Waals surface area contributed by atoms with Gasteiger partial charge >= 0.3 is 0 Å². The van der Waals surface area contributed by atoms with Crippen LogP contribution in [-0.2, 0) is 33.2 Å². The molecule has 3 aliphatic heterocycles. The van der Waals surface area contributed by atoms with Crippen LogP contribution in [0.3, 0.4) is 0 Å². The van der Waals surface area contributed by atoms with E-state index in [1.54, 1.807) is 7.05 Å². The Labute approximate surface area is 289 Å². The number of amides is 1. The zero-order valence-electron chi connectivity index (χ0n) is 27.9. The lowest BCUT2D eigenvalue weighted by molar-refractivity contribution is -0.297. The SMILES string of the molecule is CNCCNCC(=O)N[C@@H]1C(CN)O[C@H](O[C@@H]2C(N)C[C@@H](N)C(O)[C@H]2OC2O[C@H](CO)[C@H](O[C@H]3O[C@@H](CN)C(O)C(O)[C@H]3N)C2O)[C@@H](N)C1O. The van der Waals surface area contributed by atoms with Crippen molar-refractivity contribution in [1.29, 1.82) is 0 Å². The monoisotopic (exact) mass is 727 g/mol. The third kappa shape index (κ3) is 9.23. The number of ether oxygens (including phenoxy) is 6. The van der Waals surface area contributed by atoms with Gasteiger partial charge in [0.05, 0.1) is 49.6 Å². The van der Waals surface area contributed by atoms with Crippen molar-refractivity contribution in [3.63, 3.8) is 0 Å². The van der Waals surface area contributed by atoms with E-state index >= 15 is 0 Å². The molecule has 0 spiro atoms.